The Morgan fingerprint density at radius 3 is 3.14 bits per heavy atom. The van der Waals surface area contributed by atoms with E-state index in [2.05, 4.69) is 15.0 Å². The Kier molecular flexibility index (Phi) is 2.43. The van der Waals surface area contributed by atoms with Gasteiger partial charge < -0.3 is 25.4 Å². The van der Waals surface area contributed by atoms with E-state index in [9.17, 15) is 15.0 Å². The van der Waals surface area contributed by atoms with Crippen LogP contribution in [0.2, 0.25) is 0 Å². The van der Waals surface area contributed by atoms with Gasteiger partial charge in [-0.2, -0.15) is 4.98 Å². The largest absolute Gasteiger partial charge is 0.393 e. The van der Waals surface area contributed by atoms with Gasteiger partial charge in [0.15, 0.2) is 17.4 Å². The highest BCUT2D eigenvalue weighted by Crippen LogP contribution is 2.45. The highest BCUT2D eigenvalue weighted by atomic mass is 16.7. The second kappa shape index (κ2) is 4.01. The number of aromatic amines is 1. The molecule has 2 saturated heterocycles. The normalized spacial score (nSPS) is 34.9. The van der Waals surface area contributed by atoms with E-state index in [0.717, 1.165) is 0 Å². The number of hydrogen-bond acceptors (Lipinski definition) is 8. The van der Waals surface area contributed by atoms with Crippen LogP contribution < -0.4 is 11.3 Å². The SMILES string of the molecule is Nc1nc2c(ncn2[C@@H]2O[C@@]3(CO)CO[C@@H]2[C@@H]3O)c(=O)[nH]1. The molecule has 0 unspecified atom stereocenters. The minimum absolute atomic E-state index is 0.0456. The van der Waals surface area contributed by atoms with Gasteiger partial charge in [0.05, 0.1) is 19.5 Å². The third-order valence-electron chi connectivity index (χ3n) is 4.00. The highest BCUT2D eigenvalue weighted by molar-refractivity contribution is 5.70. The van der Waals surface area contributed by atoms with Gasteiger partial charge >= 0.3 is 0 Å². The van der Waals surface area contributed by atoms with E-state index >= 15 is 0 Å². The van der Waals surface area contributed by atoms with Crippen molar-refractivity contribution in [2.45, 2.75) is 24.0 Å². The molecule has 2 aromatic rings. The van der Waals surface area contributed by atoms with Crippen molar-refractivity contribution < 1.29 is 19.7 Å². The Morgan fingerprint density at radius 2 is 2.43 bits per heavy atom. The Bertz CT molecular complexity index is 772. The average Bonchev–Trinajstić information content (AvgIpc) is 3.09. The zero-order chi connectivity index (χ0) is 14.8. The van der Waals surface area contributed by atoms with Crippen molar-refractivity contribution in [1.29, 1.82) is 0 Å². The van der Waals surface area contributed by atoms with Crippen molar-refractivity contribution in [3.05, 3.63) is 16.7 Å². The maximum atomic E-state index is 11.8. The van der Waals surface area contributed by atoms with E-state index in [1.54, 1.807) is 0 Å². The van der Waals surface area contributed by atoms with Gasteiger partial charge in [-0.15, -0.1) is 0 Å². The van der Waals surface area contributed by atoms with Crippen LogP contribution in [0.25, 0.3) is 11.2 Å². The number of nitrogens with zero attached hydrogens (tertiary/aromatic N) is 3. The van der Waals surface area contributed by atoms with Gasteiger partial charge in [-0.1, -0.05) is 0 Å². The molecule has 2 aliphatic rings. The molecule has 112 valence electrons. The molecule has 10 heteroatoms. The number of anilines is 1. The molecule has 4 atom stereocenters. The summed E-state index contributed by atoms with van der Waals surface area (Å²) in [5.41, 5.74) is 4.27. The van der Waals surface area contributed by atoms with Crippen LogP contribution in [0.1, 0.15) is 6.23 Å². The smallest absolute Gasteiger partial charge is 0.280 e. The summed E-state index contributed by atoms with van der Waals surface area (Å²) >= 11 is 0. The van der Waals surface area contributed by atoms with Crippen LogP contribution in [-0.4, -0.2) is 60.8 Å². The number of fused-ring (bicyclic) bond motifs is 3. The van der Waals surface area contributed by atoms with E-state index in [0.29, 0.717) is 0 Å². The number of ether oxygens (including phenoxy) is 2. The van der Waals surface area contributed by atoms with Crippen LogP contribution in [0.4, 0.5) is 5.95 Å². The molecule has 2 aliphatic heterocycles. The van der Waals surface area contributed by atoms with Crippen molar-refractivity contribution in [3.63, 3.8) is 0 Å². The molecule has 0 aromatic carbocycles. The predicted molar refractivity (Wildman–Crippen MR) is 68.2 cm³/mol. The predicted octanol–water partition coefficient (Wildman–Crippen LogP) is -2.28. The molecule has 0 radical (unpaired) electrons. The Balaban J connectivity index is 1.84. The number of H-pyrrole nitrogens is 1. The molecule has 10 nitrogen and oxygen atoms in total. The second-order valence-corrected chi connectivity index (χ2v) is 5.23. The number of rotatable bonds is 2. The fourth-order valence-corrected chi connectivity index (χ4v) is 2.88. The Hall–Kier alpha value is -2.01. The summed E-state index contributed by atoms with van der Waals surface area (Å²) in [6, 6.07) is 0. The van der Waals surface area contributed by atoms with Gasteiger partial charge in [0.2, 0.25) is 5.95 Å². The molecule has 4 rings (SSSR count). The summed E-state index contributed by atoms with van der Waals surface area (Å²) < 4.78 is 12.7. The van der Waals surface area contributed by atoms with Crippen LogP contribution >= 0.6 is 0 Å². The first-order valence-corrected chi connectivity index (χ1v) is 6.36. The lowest BCUT2D eigenvalue weighted by molar-refractivity contribution is -0.185. The van der Waals surface area contributed by atoms with E-state index < -0.39 is 29.6 Å². The maximum Gasteiger partial charge on any atom is 0.280 e. The summed E-state index contributed by atoms with van der Waals surface area (Å²) in [5, 5.41) is 19.6. The lowest BCUT2D eigenvalue weighted by Crippen LogP contribution is -2.44. The van der Waals surface area contributed by atoms with E-state index in [1.807, 2.05) is 0 Å². The number of aromatic nitrogens is 4. The highest BCUT2D eigenvalue weighted by Gasteiger charge is 2.61. The average molecular weight is 295 g/mol. The lowest BCUT2D eigenvalue weighted by Gasteiger charge is -2.29. The summed E-state index contributed by atoms with van der Waals surface area (Å²) in [6.45, 7) is -0.265. The molecule has 2 bridgehead atoms. The molecular formula is C11H13N5O5. The number of nitrogens with one attached hydrogen (secondary N) is 1. The van der Waals surface area contributed by atoms with Crippen LogP contribution in [0, 0.1) is 0 Å². The van der Waals surface area contributed by atoms with Gasteiger partial charge in [-0.3, -0.25) is 14.3 Å². The van der Waals surface area contributed by atoms with Gasteiger partial charge in [-0.25, -0.2) is 4.98 Å². The van der Waals surface area contributed by atoms with Crippen LogP contribution in [0.3, 0.4) is 0 Å². The zero-order valence-corrected chi connectivity index (χ0v) is 10.8. The summed E-state index contributed by atoms with van der Waals surface area (Å²) in [4.78, 5) is 22.1. The summed E-state index contributed by atoms with van der Waals surface area (Å²) in [5.74, 6) is -0.0456. The minimum Gasteiger partial charge on any atom is -0.393 e. The third kappa shape index (κ3) is 1.52. The Labute approximate surface area is 117 Å². The molecule has 5 N–H and O–H groups in total. The standard InChI is InChI=1S/C11H13N5O5/c12-10-14-7-4(8(19)15-10)13-3-16(7)9-5-6(18)11(1-17,21-9)2-20-5/h3,5-6,9,17-18H,1-2H2,(H3,12,14,15,19)/t5-,6+,9-,11+/m1/s1. The molecule has 2 fully saturated rings. The van der Waals surface area contributed by atoms with Gasteiger partial charge in [0.25, 0.3) is 5.56 Å². The van der Waals surface area contributed by atoms with Crippen LogP contribution in [0.5, 0.6) is 0 Å². The number of imidazole rings is 1. The molecule has 4 heterocycles. The van der Waals surface area contributed by atoms with Crippen molar-refractivity contribution in [1.82, 2.24) is 19.5 Å². The van der Waals surface area contributed by atoms with Crippen molar-refractivity contribution in [3.8, 4) is 0 Å². The fourth-order valence-electron chi connectivity index (χ4n) is 2.88. The topological polar surface area (TPSA) is 149 Å². The number of aliphatic hydroxyl groups excluding tert-OH is 2. The third-order valence-corrected chi connectivity index (χ3v) is 4.00. The molecule has 0 aliphatic carbocycles. The summed E-state index contributed by atoms with van der Waals surface area (Å²) in [7, 11) is 0. The van der Waals surface area contributed by atoms with Crippen molar-refractivity contribution in [2.75, 3.05) is 18.9 Å². The first kappa shape index (κ1) is 12.7. The quantitative estimate of drug-likeness (QED) is 0.484. The van der Waals surface area contributed by atoms with Gasteiger partial charge in [0.1, 0.15) is 17.8 Å². The van der Waals surface area contributed by atoms with E-state index in [1.165, 1.54) is 10.9 Å². The fraction of sp³-hybridized carbons (Fsp3) is 0.545. The van der Waals surface area contributed by atoms with E-state index in [-0.39, 0.29) is 30.3 Å². The molecule has 2 aromatic heterocycles. The molecular weight excluding hydrogens is 282 g/mol. The van der Waals surface area contributed by atoms with Crippen molar-refractivity contribution in [2.24, 2.45) is 0 Å². The minimum atomic E-state index is -1.15. The first-order valence-electron chi connectivity index (χ1n) is 6.36. The monoisotopic (exact) mass is 295 g/mol. The van der Waals surface area contributed by atoms with Crippen LogP contribution in [0.15, 0.2) is 11.1 Å². The van der Waals surface area contributed by atoms with E-state index in [4.69, 9.17) is 15.2 Å². The molecule has 0 spiro atoms. The second-order valence-electron chi connectivity index (χ2n) is 5.23. The Morgan fingerprint density at radius 1 is 1.62 bits per heavy atom. The van der Waals surface area contributed by atoms with Gasteiger partial charge in [0, 0.05) is 0 Å². The molecule has 21 heavy (non-hydrogen) atoms. The number of nitrogen functional groups attached to an aromatic ring is 1. The summed E-state index contributed by atoms with van der Waals surface area (Å²) in [6.07, 6.45) is -1.00. The van der Waals surface area contributed by atoms with Crippen molar-refractivity contribution >= 4 is 17.1 Å². The number of nitrogens with two attached hydrogens (primary N) is 1. The van der Waals surface area contributed by atoms with Crippen LogP contribution in [-0.2, 0) is 9.47 Å². The zero-order valence-electron chi connectivity index (χ0n) is 10.8. The first-order chi connectivity index (χ1) is 10.1. The number of hydrogen-bond donors (Lipinski definition) is 4. The molecule has 0 amide bonds. The lowest BCUT2D eigenvalue weighted by atomic mass is 10.0. The maximum absolute atomic E-state index is 11.8. The molecule has 0 saturated carbocycles. The van der Waals surface area contributed by atoms with Gasteiger partial charge in [-0.05, 0) is 0 Å². The number of aliphatic hydroxyl groups is 2.